The van der Waals surface area contributed by atoms with Crippen LogP contribution in [0.25, 0.3) is 0 Å². The summed E-state index contributed by atoms with van der Waals surface area (Å²) in [4.78, 5) is 13.6. The molecule has 2 heterocycles. The smallest absolute Gasteiger partial charge is 0.317 e. The molecular formula is C10H17ClN2O2. The van der Waals surface area contributed by atoms with E-state index in [1.165, 1.54) is 0 Å². The number of fused-ring (bicyclic) bond motifs is 1. The topological polar surface area (TPSA) is 41.6 Å². The van der Waals surface area contributed by atoms with Gasteiger partial charge in [0.15, 0.2) is 0 Å². The molecule has 2 unspecified atom stereocenters. The highest BCUT2D eigenvalue weighted by molar-refractivity contribution is 6.18. The van der Waals surface area contributed by atoms with E-state index in [0.717, 1.165) is 32.6 Å². The van der Waals surface area contributed by atoms with Crippen LogP contribution in [0.5, 0.6) is 0 Å². The Hall–Kier alpha value is -0.480. The van der Waals surface area contributed by atoms with E-state index in [9.17, 15) is 4.79 Å². The van der Waals surface area contributed by atoms with E-state index in [1.54, 1.807) is 4.90 Å². The van der Waals surface area contributed by atoms with Crippen molar-refractivity contribution in [1.29, 1.82) is 0 Å². The van der Waals surface area contributed by atoms with Gasteiger partial charge in [-0.25, -0.2) is 4.79 Å². The highest BCUT2D eigenvalue weighted by Crippen LogP contribution is 2.21. The maximum atomic E-state index is 11.8. The van der Waals surface area contributed by atoms with E-state index in [1.807, 2.05) is 0 Å². The van der Waals surface area contributed by atoms with Crippen LogP contribution >= 0.6 is 11.6 Å². The first-order valence-electron chi connectivity index (χ1n) is 5.50. The number of halogens is 1. The Bertz CT molecular complexity index is 237. The largest absolute Gasteiger partial charge is 0.381 e. The summed E-state index contributed by atoms with van der Waals surface area (Å²) in [6.45, 7) is 2.97. The Morgan fingerprint density at radius 2 is 2.40 bits per heavy atom. The van der Waals surface area contributed by atoms with Gasteiger partial charge >= 0.3 is 6.03 Å². The molecule has 15 heavy (non-hydrogen) atoms. The van der Waals surface area contributed by atoms with E-state index >= 15 is 0 Å². The number of rotatable bonds is 2. The summed E-state index contributed by atoms with van der Waals surface area (Å²) in [6, 6.07) is 0.330. The molecule has 5 heteroatoms. The van der Waals surface area contributed by atoms with Crippen LogP contribution in [-0.2, 0) is 4.74 Å². The molecule has 0 radical (unpaired) electrons. The van der Waals surface area contributed by atoms with Crippen LogP contribution in [0, 0.1) is 5.92 Å². The molecule has 0 saturated carbocycles. The molecular weight excluding hydrogens is 216 g/mol. The van der Waals surface area contributed by atoms with Crippen molar-refractivity contribution in [2.24, 2.45) is 5.92 Å². The summed E-state index contributed by atoms with van der Waals surface area (Å²) in [7, 11) is 0. The predicted octanol–water partition coefficient (Wildman–Crippen LogP) is 1.05. The van der Waals surface area contributed by atoms with Gasteiger partial charge in [-0.1, -0.05) is 0 Å². The number of amides is 2. The van der Waals surface area contributed by atoms with Crippen LogP contribution in [0.1, 0.15) is 12.8 Å². The van der Waals surface area contributed by atoms with Crippen LogP contribution in [0.4, 0.5) is 4.79 Å². The predicted molar refractivity (Wildman–Crippen MR) is 58.2 cm³/mol. The van der Waals surface area contributed by atoms with Gasteiger partial charge in [-0.2, -0.15) is 0 Å². The van der Waals surface area contributed by atoms with Gasteiger partial charge in [0.05, 0.1) is 6.61 Å². The summed E-state index contributed by atoms with van der Waals surface area (Å²) in [5.74, 6) is 0.974. The van der Waals surface area contributed by atoms with E-state index in [4.69, 9.17) is 16.3 Å². The number of ether oxygens (including phenoxy) is 1. The van der Waals surface area contributed by atoms with Crippen molar-refractivity contribution in [2.45, 2.75) is 18.9 Å². The van der Waals surface area contributed by atoms with E-state index in [0.29, 0.717) is 24.4 Å². The lowest BCUT2D eigenvalue weighted by atomic mass is 9.93. The second kappa shape index (κ2) is 5.03. The standard InChI is InChI=1S/C10H17ClN2O2/c11-3-5-13-4-1-8-7-15-6-2-9(8)12-10(13)14/h8-9H,1-7H2,(H,12,14). The van der Waals surface area contributed by atoms with Gasteiger partial charge in [-0.3, -0.25) is 0 Å². The van der Waals surface area contributed by atoms with Crippen molar-refractivity contribution >= 4 is 17.6 Å². The Kier molecular flexibility index (Phi) is 3.70. The molecule has 2 saturated heterocycles. The van der Waals surface area contributed by atoms with Gasteiger partial charge in [0, 0.05) is 37.5 Å². The zero-order valence-corrected chi connectivity index (χ0v) is 9.50. The van der Waals surface area contributed by atoms with E-state index < -0.39 is 0 Å². The van der Waals surface area contributed by atoms with Gasteiger partial charge in [0.2, 0.25) is 0 Å². The van der Waals surface area contributed by atoms with Crippen LogP contribution < -0.4 is 5.32 Å². The van der Waals surface area contributed by atoms with Gasteiger partial charge < -0.3 is 15.0 Å². The number of nitrogens with zero attached hydrogens (tertiary/aromatic N) is 1. The average molecular weight is 233 g/mol. The molecule has 2 aliphatic rings. The zero-order valence-electron chi connectivity index (χ0n) is 8.75. The Balaban J connectivity index is 1.98. The monoisotopic (exact) mass is 232 g/mol. The van der Waals surface area contributed by atoms with Crippen molar-refractivity contribution in [3.05, 3.63) is 0 Å². The molecule has 86 valence electrons. The summed E-state index contributed by atoms with van der Waals surface area (Å²) in [6.07, 6.45) is 1.95. The van der Waals surface area contributed by atoms with Crippen molar-refractivity contribution in [3.63, 3.8) is 0 Å². The first-order valence-corrected chi connectivity index (χ1v) is 6.04. The van der Waals surface area contributed by atoms with Crippen LogP contribution in [0.3, 0.4) is 0 Å². The Morgan fingerprint density at radius 3 is 3.20 bits per heavy atom. The fourth-order valence-corrected chi connectivity index (χ4v) is 2.46. The molecule has 2 amide bonds. The van der Waals surface area contributed by atoms with Crippen LogP contribution in [0.2, 0.25) is 0 Å². The number of carbonyl (C=O) groups excluding carboxylic acids is 1. The summed E-state index contributed by atoms with van der Waals surface area (Å²) < 4.78 is 5.43. The number of urea groups is 1. The van der Waals surface area contributed by atoms with Crippen LogP contribution in [-0.4, -0.2) is 49.2 Å². The van der Waals surface area contributed by atoms with Crippen molar-refractivity contribution in [1.82, 2.24) is 10.2 Å². The SMILES string of the molecule is O=C1NC2CCOCC2CCN1CCCl. The first-order chi connectivity index (χ1) is 7.31. The zero-order chi connectivity index (χ0) is 10.7. The third-order valence-electron chi connectivity index (χ3n) is 3.19. The van der Waals surface area contributed by atoms with Crippen LogP contribution in [0.15, 0.2) is 0 Å². The highest BCUT2D eigenvalue weighted by Gasteiger charge is 2.31. The lowest BCUT2D eigenvalue weighted by molar-refractivity contribution is 0.0351. The van der Waals surface area contributed by atoms with Crippen molar-refractivity contribution in [2.75, 3.05) is 32.2 Å². The minimum Gasteiger partial charge on any atom is -0.381 e. The number of hydrogen-bond donors (Lipinski definition) is 1. The maximum Gasteiger partial charge on any atom is 0.317 e. The molecule has 4 nitrogen and oxygen atoms in total. The minimum absolute atomic E-state index is 0.0325. The summed E-state index contributed by atoms with van der Waals surface area (Å²) in [5.41, 5.74) is 0. The molecule has 0 bridgehead atoms. The molecule has 0 aromatic heterocycles. The van der Waals surface area contributed by atoms with Gasteiger partial charge in [0.1, 0.15) is 0 Å². The lowest BCUT2D eigenvalue weighted by Crippen LogP contribution is -2.46. The number of nitrogens with one attached hydrogen (secondary N) is 1. The molecule has 1 N–H and O–H groups in total. The number of hydrogen-bond acceptors (Lipinski definition) is 2. The van der Waals surface area contributed by atoms with Gasteiger partial charge in [-0.05, 0) is 12.8 Å². The van der Waals surface area contributed by atoms with E-state index in [-0.39, 0.29) is 6.03 Å². The second-order valence-electron chi connectivity index (χ2n) is 4.14. The molecule has 2 fully saturated rings. The average Bonchev–Trinajstić information content (AvgIpc) is 2.40. The molecule has 0 aromatic rings. The quantitative estimate of drug-likeness (QED) is 0.723. The molecule has 2 aliphatic heterocycles. The summed E-state index contributed by atoms with van der Waals surface area (Å²) in [5, 5.41) is 3.06. The van der Waals surface area contributed by atoms with Crippen molar-refractivity contribution < 1.29 is 9.53 Å². The molecule has 2 rings (SSSR count). The van der Waals surface area contributed by atoms with Gasteiger partial charge in [0.25, 0.3) is 0 Å². The normalized spacial score (nSPS) is 31.8. The fraction of sp³-hybridized carbons (Fsp3) is 0.900. The van der Waals surface area contributed by atoms with Gasteiger partial charge in [-0.15, -0.1) is 11.6 Å². The lowest BCUT2D eigenvalue weighted by Gasteiger charge is -2.29. The number of carbonyl (C=O) groups is 1. The van der Waals surface area contributed by atoms with Crippen molar-refractivity contribution in [3.8, 4) is 0 Å². The Labute approximate surface area is 94.9 Å². The fourth-order valence-electron chi connectivity index (χ4n) is 2.26. The second-order valence-corrected chi connectivity index (χ2v) is 4.52. The third kappa shape index (κ3) is 2.55. The maximum absolute atomic E-state index is 11.8. The highest BCUT2D eigenvalue weighted by atomic mass is 35.5. The molecule has 0 aromatic carbocycles. The first kappa shape index (κ1) is 11.0. The molecule has 2 atom stereocenters. The summed E-state index contributed by atoms with van der Waals surface area (Å²) >= 11 is 5.66. The number of alkyl halides is 1. The van der Waals surface area contributed by atoms with E-state index in [2.05, 4.69) is 5.32 Å². The molecule has 0 spiro atoms. The molecule has 0 aliphatic carbocycles. The minimum atomic E-state index is 0.0325. The third-order valence-corrected chi connectivity index (χ3v) is 3.36. The Morgan fingerprint density at radius 1 is 1.53 bits per heavy atom.